The highest BCUT2D eigenvalue weighted by Crippen LogP contribution is 2.29. The first kappa shape index (κ1) is 15.9. The molecule has 0 aliphatic carbocycles. The summed E-state index contributed by atoms with van der Waals surface area (Å²) in [6, 6.07) is 7.98. The molecule has 0 bridgehead atoms. The molecule has 1 unspecified atom stereocenters. The van der Waals surface area contributed by atoms with Gasteiger partial charge in [-0.05, 0) is 37.3 Å². The van der Waals surface area contributed by atoms with E-state index in [1.165, 1.54) is 0 Å². The lowest BCUT2D eigenvalue weighted by Gasteiger charge is -2.13. The highest BCUT2D eigenvalue weighted by atomic mass is 16.4. The number of aliphatic carboxylic acids is 1. The van der Waals surface area contributed by atoms with E-state index < -0.39 is 12.0 Å². The number of aromatic nitrogens is 3. The van der Waals surface area contributed by atoms with Crippen molar-refractivity contribution < 1.29 is 14.7 Å². The summed E-state index contributed by atoms with van der Waals surface area (Å²) in [4.78, 5) is 32.0. The van der Waals surface area contributed by atoms with Gasteiger partial charge in [-0.2, -0.15) is 0 Å². The van der Waals surface area contributed by atoms with Crippen LogP contribution in [-0.4, -0.2) is 31.4 Å². The smallest absolute Gasteiger partial charge is 0.326 e. The Balaban J connectivity index is 2.27. The number of hydrogen-bond acceptors (Lipinski definition) is 4. The van der Waals surface area contributed by atoms with Crippen molar-refractivity contribution in [2.24, 2.45) is 0 Å². The third-order valence-electron chi connectivity index (χ3n) is 4.02. The van der Waals surface area contributed by atoms with E-state index in [2.05, 4.69) is 9.97 Å². The molecule has 2 heterocycles. The van der Waals surface area contributed by atoms with Gasteiger partial charge in [-0.25, -0.2) is 9.78 Å². The van der Waals surface area contributed by atoms with Crippen molar-refractivity contribution in [3.8, 4) is 11.4 Å². The SMILES string of the molecule is CCC(=O)c1ccc2c(c1)nc(-c1ccncc1)n2C(C)C(=O)O. The molecule has 0 amide bonds. The van der Waals surface area contributed by atoms with Crippen LogP contribution in [-0.2, 0) is 4.79 Å². The summed E-state index contributed by atoms with van der Waals surface area (Å²) in [5, 5.41) is 9.45. The third kappa shape index (κ3) is 2.67. The van der Waals surface area contributed by atoms with E-state index in [0.29, 0.717) is 28.8 Å². The molecule has 0 saturated carbocycles. The molecule has 6 heteroatoms. The van der Waals surface area contributed by atoms with Crippen LogP contribution in [0.15, 0.2) is 42.7 Å². The van der Waals surface area contributed by atoms with E-state index in [1.54, 1.807) is 61.1 Å². The summed E-state index contributed by atoms with van der Waals surface area (Å²) >= 11 is 0. The Kier molecular flexibility index (Phi) is 4.12. The van der Waals surface area contributed by atoms with E-state index in [-0.39, 0.29) is 5.78 Å². The van der Waals surface area contributed by atoms with Gasteiger partial charge in [0.05, 0.1) is 11.0 Å². The molecule has 122 valence electrons. The fourth-order valence-electron chi connectivity index (χ4n) is 2.68. The molecule has 1 atom stereocenters. The van der Waals surface area contributed by atoms with Crippen molar-refractivity contribution in [1.82, 2.24) is 14.5 Å². The van der Waals surface area contributed by atoms with Crippen LogP contribution in [0.5, 0.6) is 0 Å². The Morgan fingerprint density at radius 3 is 2.54 bits per heavy atom. The maximum atomic E-state index is 11.9. The van der Waals surface area contributed by atoms with Crippen molar-refractivity contribution >= 4 is 22.8 Å². The minimum absolute atomic E-state index is 0.0307. The molecule has 3 aromatic rings. The van der Waals surface area contributed by atoms with Crippen molar-refractivity contribution in [1.29, 1.82) is 0 Å². The molecule has 6 nitrogen and oxygen atoms in total. The number of fused-ring (bicyclic) bond motifs is 1. The first-order valence-corrected chi connectivity index (χ1v) is 7.71. The number of hydrogen-bond donors (Lipinski definition) is 1. The molecule has 0 fully saturated rings. The maximum absolute atomic E-state index is 11.9. The lowest BCUT2D eigenvalue weighted by molar-refractivity contribution is -0.140. The molecule has 0 aliphatic rings. The van der Waals surface area contributed by atoms with Crippen LogP contribution >= 0.6 is 0 Å². The number of carboxylic acid groups (broad SMARTS) is 1. The molecule has 0 spiro atoms. The number of Topliss-reactive ketones (excluding diaryl/α,β-unsaturated/α-hetero) is 1. The highest BCUT2D eigenvalue weighted by molar-refractivity contribution is 5.99. The van der Waals surface area contributed by atoms with E-state index in [4.69, 9.17) is 0 Å². The number of rotatable bonds is 5. The molecular formula is C18H17N3O3. The molecule has 24 heavy (non-hydrogen) atoms. The van der Waals surface area contributed by atoms with Crippen LogP contribution < -0.4 is 0 Å². The van der Waals surface area contributed by atoms with Crippen LogP contribution in [0.4, 0.5) is 0 Å². The van der Waals surface area contributed by atoms with Gasteiger partial charge in [0.15, 0.2) is 5.78 Å². The number of carbonyl (C=O) groups excluding carboxylic acids is 1. The van der Waals surface area contributed by atoms with E-state index in [9.17, 15) is 14.7 Å². The van der Waals surface area contributed by atoms with Gasteiger partial charge in [-0.1, -0.05) is 6.92 Å². The summed E-state index contributed by atoms with van der Waals surface area (Å²) < 4.78 is 1.67. The number of benzene rings is 1. The van der Waals surface area contributed by atoms with Crippen molar-refractivity contribution in [2.75, 3.05) is 0 Å². The standard InChI is InChI=1S/C18H17N3O3/c1-3-16(22)13-4-5-15-14(10-13)20-17(12-6-8-19-9-7-12)21(15)11(2)18(23)24/h4-11H,3H2,1-2H3,(H,23,24). The second-order valence-corrected chi connectivity index (χ2v) is 5.54. The fraction of sp³-hybridized carbons (Fsp3) is 0.222. The van der Waals surface area contributed by atoms with Crippen molar-refractivity contribution in [3.63, 3.8) is 0 Å². The first-order valence-electron chi connectivity index (χ1n) is 7.71. The van der Waals surface area contributed by atoms with Crippen LogP contribution in [0.2, 0.25) is 0 Å². The normalized spacial score (nSPS) is 12.2. The minimum Gasteiger partial charge on any atom is -0.480 e. The molecular weight excluding hydrogens is 306 g/mol. The zero-order valence-corrected chi connectivity index (χ0v) is 13.4. The summed E-state index contributed by atoms with van der Waals surface area (Å²) in [5.74, 6) is -0.370. The number of imidazole rings is 1. The zero-order chi connectivity index (χ0) is 17.3. The van der Waals surface area contributed by atoms with Gasteiger partial charge >= 0.3 is 5.97 Å². The van der Waals surface area contributed by atoms with Gasteiger partial charge in [-0.15, -0.1) is 0 Å². The van der Waals surface area contributed by atoms with E-state index in [1.807, 2.05) is 0 Å². The molecule has 1 aromatic carbocycles. The number of ketones is 1. The van der Waals surface area contributed by atoms with Crippen LogP contribution in [0.3, 0.4) is 0 Å². The Morgan fingerprint density at radius 1 is 1.21 bits per heavy atom. The third-order valence-corrected chi connectivity index (χ3v) is 4.02. The number of pyridine rings is 1. The van der Waals surface area contributed by atoms with Crippen molar-refractivity contribution in [3.05, 3.63) is 48.3 Å². The van der Waals surface area contributed by atoms with Crippen molar-refractivity contribution in [2.45, 2.75) is 26.3 Å². The highest BCUT2D eigenvalue weighted by Gasteiger charge is 2.22. The van der Waals surface area contributed by atoms with Gasteiger partial charge in [0.25, 0.3) is 0 Å². The fourth-order valence-corrected chi connectivity index (χ4v) is 2.68. The Hall–Kier alpha value is -3.02. The molecule has 0 saturated heterocycles. The summed E-state index contributed by atoms with van der Waals surface area (Å²) in [5.41, 5.74) is 2.65. The predicted octanol–water partition coefficient (Wildman–Crippen LogP) is 3.34. The van der Waals surface area contributed by atoms with E-state index >= 15 is 0 Å². The zero-order valence-electron chi connectivity index (χ0n) is 13.4. The average Bonchev–Trinajstić information content (AvgIpc) is 2.99. The number of carboxylic acids is 1. The minimum atomic E-state index is -0.946. The van der Waals surface area contributed by atoms with Gasteiger partial charge in [0.2, 0.25) is 0 Å². The van der Waals surface area contributed by atoms with Gasteiger partial charge in [0, 0.05) is 29.9 Å². The van der Waals surface area contributed by atoms with Gasteiger partial charge in [0.1, 0.15) is 11.9 Å². The molecule has 1 N–H and O–H groups in total. The molecule has 2 aromatic heterocycles. The lowest BCUT2D eigenvalue weighted by Crippen LogP contribution is -2.16. The predicted molar refractivity (Wildman–Crippen MR) is 89.9 cm³/mol. The first-order chi connectivity index (χ1) is 11.5. The maximum Gasteiger partial charge on any atom is 0.326 e. The number of carbonyl (C=O) groups is 2. The number of nitrogens with zero attached hydrogens (tertiary/aromatic N) is 3. The van der Waals surface area contributed by atoms with Crippen LogP contribution in [0, 0.1) is 0 Å². The molecule has 0 aliphatic heterocycles. The quantitative estimate of drug-likeness (QED) is 0.728. The topological polar surface area (TPSA) is 85.1 Å². The molecule has 0 radical (unpaired) electrons. The summed E-state index contributed by atoms with van der Waals surface area (Å²) in [6.07, 6.45) is 3.68. The second kappa shape index (κ2) is 6.23. The molecule has 3 rings (SSSR count). The monoisotopic (exact) mass is 323 g/mol. The Labute approximate surface area is 138 Å². The van der Waals surface area contributed by atoms with Gasteiger partial charge in [-0.3, -0.25) is 9.78 Å². The lowest BCUT2D eigenvalue weighted by atomic mass is 10.1. The van der Waals surface area contributed by atoms with Gasteiger partial charge < -0.3 is 9.67 Å². The second-order valence-electron chi connectivity index (χ2n) is 5.54. The van der Waals surface area contributed by atoms with Crippen LogP contribution in [0.25, 0.3) is 22.4 Å². The largest absolute Gasteiger partial charge is 0.480 e. The summed E-state index contributed by atoms with van der Waals surface area (Å²) in [6.45, 7) is 3.42. The van der Waals surface area contributed by atoms with E-state index in [0.717, 1.165) is 5.56 Å². The van der Waals surface area contributed by atoms with Crippen LogP contribution in [0.1, 0.15) is 36.7 Å². The Morgan fingerprint density at radius 2 is 1.92 bits per heavy atom. The Bertz CT molecular complexity index is 916. The summed E-state index contributed by atoms with van der Waals surface area (Å²) in [7, 11) is 0. The average molecular weight is 323 g/mol.